The Morgan fingerprint density at radius 1 is 1.46 bits per heavy atom. The van der Waals surface area contributed by atoms with Crippen LogP contribution in [0.2, 0.25) is 0 Å². The first-order valence-corrected chi connectivity index (χ1v) is 11.9. The summed E-state index contributed by atoms with van der Waals surface area (Å²) < 4.78 is 10.6. The van der Waals surface area contributed by atoms with Gasteiger partial charge in [0.05, 0.1) is 0 Å². The van der Waals surface area contributed by atoms with E-state index >= 15 is 0 Å². The van der Waals surface area contributed by atoms with E-state index in [9.17, 15) is 9.59 Å². The van der Waals surface area contributed by atoms with Crippen LogP contribution in [0.15, 0.2) is 20.8 Å². The van der Waals surface area contributed by atoms with E-state index in [4.69, 9.17) is 10.5 Å². The first kappa shape index (κ1) is 20.0. The highest BCUT2D eigenvalue weighted by atomic mass is 32.2. The van der Waals surface area contributed by atoms with Gasteiger partial charge < -0.3 is 10.5 Å². The average Bonchev–Trinajstić information content (AvgIpc) is 3.04. The zero-order valence-corrected chi connectivity index (χ0v) is 18.1. The Kier molecular flexibility index (Phi) is 5.92. The minimum absolute atomic E-state index is 0.191. The third-order valence-corrected chi connectivity index (χ3v) is 7.57. The molecular formula is C15H20N4O3S4. The summed E-state index contributed by atoms with van der Waals surface area (Å²) in [6.45, 7) is 5.43. The van der Waals surface area contributed by atoms with Gasteiger partial charge in [-0.25, -0.2) is 9.78 Å². The minimum atomic E-state index is -0.634. The van der Waals surface area contributed by atoms with Gasteiger partial charge in [-0.1, -0.05) is 23.5 Å². The number of hydrogen-bond acceptors (Lipinski definition) is 10. The largest absolute Gasteiger partial charge is 0.455 e. The molecular weight excluding hydrogens is 412 g/mol. The summed E-state index contributed by atoms with van der Waals surface area (Å²) in [5, 5.41) is 0.546. The Balaban J connectivity index is 1.83. The summed E-state index contributed by atoms with van der Waals surface area (Å²) in [5.74, 6) is 0.487. The van der Waals surface area contributed by atoms with Crippen LogP contribution in [0.5, 0.6) is 0 Å². The van der Waals surface area contributed by atoms with Crippen molar-refractivity contribution in [2.24, 2.45) is 5.73 Å². The molecule has 1 saturated heterocycles. The molecule has 3 rings (SSSR count). The molecule has 7 nitrogen and oxygen atoms in total. The third-order valence-electron chi connectivity index (χ3n) is 3.62. The SMILES string of the molecule is CSc1nsc(SCC2=C(C(=O)OC(C)(C)C)N3C(=O)C(N)C3SC2)n1. The van der Waals surface area contributed by atoms with E-state index in [1.165, 1.54) is 40.0 Å². The summed E-state index contributed by atoms with van der Waals surface area (Å²) in [6.07, 6.45) is 1.93. The van der Waals surface area contributed by atoms with E-state index in [-0.39, 0.29) is 11.3 Å². The van der Waals surface area contributed by atoms with Crippen LogP contribution in [0.4, 0.5) is 0 Å². The topological polar surface area (TPSA) is 98.4 Å². The molecule has 0 saturated carbocycles. The molecule has 3 heterocycles. The summed E-state index contributed by atoms with van der Waals surface area (Å²) >= 11 is 5.92. The number of hydrogen-bond donors (Lipinski definition) is 1. The first-order chi connectivity index (χ1) is 12.2. The van der Waals surface area contributed by atoms with Gasteiger partial charge in [0, 0.05) is 11.5 Å². The predicted octanol–water partition coefficient (Wildman–Crippen LogP) is 2.19. The molecule has 2 N–H and O–H groups in total. The maximum Gasteiger partial charge on any atom is 0.355 e. The Labute approximate surface area is 169 Å². The molecule has 1 aromatic heterocycles. The number of fused-ring (bicyclic) bond motifs is 1. The number of ether oxygens (including phenoxy) is 1. The van der Waals surface area contributed by atoms with E-state index in [0.717, 1.165) is 15.1 Å². The van der Waals surface area contributed by atoms with Crippen molar-refractivity contribution in [2.75, 3.05) is 17.8 Å². The molecule has 11 heteroatoms. The highest BCUT2D eigenvalue weighted by Crippen LogP contribution is 2.41. The number of rotatable bonds is 5. The fraction of sp³-hybridized carbons (Fsp3) is 0.600. The molecule has 2 atom stereocenters. The molecule has 1 aromatic rings. The van der Waals surface area contributed by atoms with Gasteiger partial charge >= 0.3 is 5.97 Å². The second kappa shape index (κ2) is 7.70. The van der Waals surface area contributed by atoms with Gasteiger partial charge in [-0.15, -0.1) is 11.8 Å². The van der Waals surface area contributed by atoms with Crippen molar-refractivity contribution in [1.82, 2.24) is 14.3 Å². The fourth-order valence-corrected chi connectivity index (χ4v) is 6.13. The van der Waals surface area contributed by atoms with E-state index in [2.05, 4.69) is 9.36 Å². The molecule has 2 unspecified atom stereocenters. The third kappa shape index (κ3) is 4.06. The average molecular weight is 433 g/mol. The van der Waals surface area contributed by atoms with Crippen LogP contribution in [0.1, 0.15) is 20.8 Å². The standard InChI is InChI=1S/C15H20N4O3S4/c1-15(2,3)22-12(21)9-7(5-24-11-8(16)10(20)19(9)11)6-25-14-17-13(23-4)18-26-14/h8,11H,5-6,16H2,1-4H3. The van der Waals surface area contributed by atoms with Gasteiger partial charge in [-0.3, -0.25) is 9.69 Å². The molecule has 2 aliphatic rings. The molecule has 2 aliphatic heterocycles. The van der Waals surface area contributed by atoms with Crippen molar-refractivity contribution < 1.29 is 14.3 Å². The van der Waals surface area contributed by atoms with Crippen molar-refractivity contribution in [3.63, 3.8) is 0 Å². The zero-order valence-electron chi connectivity index (χ0n) is 14.8. The highest BCUT2D eigenvalue weighted by molar-refractivity contribution is 8.02. The first-order valence-electron chi connectivity index (χ1n) is 7.87. The van der Waals surface area contributed by atoms with Crippen LogP contribution in [-0.4, -0.2) is 60.9 Å². The summed E-state index contributed by atoms with van der Waals surface area (Å²) in [6, 6.07) is -0.557. The van der Waals surface area contributed by atoms with Gasteiger partial charge in [0.2, 0.25) is 11.1 Å². The van der Waals surface area contributed by atoms with Crippen molar-refractivity contribution in [3.05, 3.63) is 11.3 Å². The maximum absolute atomic E-state index is 12.8. The minimum Gasteiger partial charge on any atom is -0.455 e. The number of carbonyl (C=O) groups is 2. The number of β-lactam (4-membered cyclic amide) rings is 1. The summed E-state index contributed by atoms with van der Waals surface area (Å²) in [5.41, 5.74) is 6.46. The van der Waals surface area contributed by atoms with Crippen LogP contribution in [-0.2, 0) is 14.3 Å². The lowest BCUT2D eigenvalue weighted by atomic mass is 10.0. The molecule has 0 aliphatic carbocycles. The highest BCUT2D eigenvalue weighted by Gasteiger charge is 2.52. The van der Waals surface area contributed by atoms with Crippen molar-refractivity contribution in [2.45, 2.75) is 47.3 Å². The van der Waals surface area contributed by atoms with Crippen LogP contribution >= 0.6 is 46.8 Å². The lowest BCUT2D eigenvalue weighted by Gasteiger charge is -2.48. The number of thioether (sulfide) groups is 3. The van der Waals surface area contributed by atoms with Crippen molar-refractivity contribution in [1.29, 1.82) is 0 Å². The zero-order chi connectivity index (χ0) is 19.1. The lowest BCUT2D eigenvalue weighted by molar-refractivity contribution is -0.157. The number of aromatic nitrogens is 2. The molecule has 0 spiro atoms. The van der Waals surface area contributed by atoms with Crippen LogP contribution in [0.3, 0.4) is 0 Å². The number of nitrogens with two attached hydrogens (primary N) is 1. The molecule has 26 heavy (non-hydrogen) atoms. The number of nitrogens with zero attached hydrogens (tertiary/aromatic N) is 3. The fourth-order valence-electron chi connectivity index (χ4n) is 2.49. The van der Waals surface area contributed by atoms with Gasteiger partial charge in [-0.05, 0) is 44.1 Å². The molecule has 142 valence electrons. The van der Waals surface area contributed by atoms with Gasteiger partial charge in [0.15, 0.2) is 4.34 Å². The summed E-state index contributed by atoms with van der Waals surface area (Å²) in [4.78, 5) is 30.9. The second-order valence-electron chi connectivity index (χ2n) is 6.73. The molecule has 0 aromatic carbocycles. The number of amides is 1. The van der Waals surface area contributed by atoms with E-state index in [1.807, 2.05) is 27.0 Å². The van der Waals surface area contributed by atoms with Crippen LogP contribution < -0.4 is 5.73 Å². The Morgan fingerprint density at radius 2 is 2.19 bits per heavy atom. The molecule has 1 fully saturated rings. The number of carbonyl (C=O) groups excluding carboxylic acids is 2. The van der Waals surface area contributed by atoms with E-state index < -0.39 is 17.6 Å². The molecule has 1 amide bonds. The molecule has 0 radical (unpaired) electrons. The smallest absolute Gasteiger partial charge is 0.355 e. The second-order valence-corrected chi connectivity index (χ2v) is 10.6. The normalized spacial score (nSPS) is 23.0. The van der Waals surface area contributed by atoms with Gasteiger partial charge in [0.1, 0.15) is 22.7 Å². The molecule has 0 bridgehead atoms. The Morgan fingerprint density at radius 3 is 2.81 bits per heavy atom. The maximum atomic E-state index is 12.8. The lowest BCUT2D eigenvalue weighted by Crippen LogP contribution is -2.68. The monoisotopic (exact) mass is 432 g/mol. The van der Waals surface area contributed by atoms with Gasteiger partial charge in [-0.2, -0.15) is 4.37 Å². The quantitative estimate of drug-likeness (QED) is 0.426. The van der Waals surface area contributed by atoms with Crippen LogP contribution in [0, 0.1) is 0 Å². The predicted molar refractivity (Wildman–Crippen MR) is 106 cm³/mol. The van der Waals surface area contributed by atoms with E-state index in [0.29, 0.717) is 17.2 Å². The van der Waals surface area contributed by atoms with Crippen LogP contribution in [0.25, 0.3) is 0 Å². The Hall–Kier alpha value is -0.750. The van der Waals surface area contributed by atoms with Crippen molar-refractivity contribution in [3.8, 4) is 0 Å². The van der Waals surface area contributed by atoms with Crippen molar-refractivity contribution >= 4 is 58.7 Å². The Bertz CT molecular complexity index is 758. The van der Waals surface area contributed by atoms with Gasteiger partial charge in [0.25, 0.3) is 0 Å². The van der Waals surface area contributed by atoms with E-state index in [1.54, 1.807) is 11.8 Å². The number of esters is 1. The summed E-state index contributed by atoms with van der Waals surface area (Å²) in [7, 11) is 0.